The van der Waals surface area contributed by atoms with Crippen LogP contribution in [0, 0.1) is 5.82 Å². The van der Waals surface area contributed by atoms with E-state index in [4.69, 9.17) is 4.74 Å². The molecule has 0 unspecified atom stereocenters. The van der Waals surface area contributed by atoms with E-state index in [9.17, 15) is 9.50 Å². The quantitative estimate of drug-likeness (QED) is 0.753. The van der Waals surface area contributed by atoms with Gasteiger partial charge in [0.15, 0.2) is 0 Å². The number of aromatic hydroxyl groups is 1. The minimum absolute atomic E-state index is 0.196. The Kier molecular flexibility index (Phi) is 2.83. The lowest BCUT2D eigenvalue weighted by molar-refractivity contribution is 0.307. The number of H-pyrrole nitrogens is 1. The van der Waals surface area contributed by atoms with Crippen LogP contribution >= 0.6 is 0 Å². The third-order valence-electron chi connectivity index (χ3n) is 2.96. The number of aromatic amines is 1. The minimum Gasteiger partial charge on any atom is -0.508 e. The number of benzene rings is 2. The van der Waals surface area contributed by atoms with E-state index in [-0.39, 0.29) is 11.6 Å². The molecule has 3 rings (SSSR count). The first-order chi connectivity index (χ1) is 9.22. The molecule has 96 valence electrons. The summed E-state index contributed by atoms with van der Waals surface area (Å²) in [7, 11) is 0. The van der Waals surface area contributed by atoms with Gasteiger partial charge >= 0.3 is 0 Å². The Balaban J connectivity index is 1.81. The number of aromatic nitrogens is 1. The molecule has 0 atom stereocenters. The standard InChI is InChI=1S/C15H12FNO2/c16-11-1-6-15-14(7-11)10(8-17-15)9-19-13-4-2-12(18)3-5-13/h1-8,17-18H,9H2. The zero-order valence-electron chi connectivity index (χ0n) is 10.1. The van der Waals surface area contributed by atoms with Gasteiger partial charge in [-0.15, -0.1) is 0 Å². The first kappa shape index (κ1) is 11.6. The molecule has 0 aliphatic carbocycles. The summed E-state index contributed by atoms with van der Waals surface area (Å²) in [5.41, 5.74) is 1.77. The predicted molar refractivity (Wildman–Crippen MR) is 70.7 cm³/mol. The molecule has 0 aliphatic rings. The van der Waals surface area contributed by atoms with Gasteiger partial charge in [0.05, 0.1) is 0 Å². The van der Waals surface area contributed by atoms with Crippen molar-refractivity contribution in [3.63, 3.8) is 0 Å². The van der Waals surface area contributed by atoms with Crippen LogP contribution in [0.15, 0.2) is 48.7 Å². The number of fused-ring (bicyclic) bond motifs is 1. The highest BCUT2D eigenvalue weighted by atomic mass is 19.1. The molecule has 0 spiro atoms. The van der Waals surface area contributed by atoms with E-state index in [1.165, 1.54) is 12.1 Å². The summed E-state index contributed by atoms with van der Waals surface area (Å²) < 4.78 is 18.8. The van der Waals surface area contributed by atoms with Crippen molar-refractivity contribution in [3.05, 3.63) is 60.0 Å². The van der Waals surface area contributed by atoms with Crippen molar-refractivity contribution in [1.82, 2.24) is 4.98 Å². The molecule has 3 nitrogen and oxygen atoms in total. The fraction of sp³-hybridized carbons (Fsp3) is 0.0667. The highest BCUT2D eigenvalue weighted by molar-refractivity contribution is 5.83. The van der Waals surface area contributed by atoms with Crippen LogP contribution in [-0.2, 0) is 6.61 Å². The van der Waals surface area contributed by atoms with Crippen LogP contribution in [0.4, 0.5) is 4.39 Å². The Bertz CT molecular complexity index is 704. The number of halogens is 1. The van der Waals surface area contributed by atoms with E-state index in [1.54, 1.807) is 30.3 Å². The molecule has 1 heterocycles. The van der Waals surface area contributed by atoms with Gasteiger partial charge in [-0.3, -0.25) is 0 Å². The number of nitrogens with one attached hydrogen (secondary N) is 1. The van der Waals surface area contributed by atoms with Gasteiger partial charge in [-0.2, -0.15) is 0 Å². The summed E-state index contributed by atoms with van der Waals surface area (Å²) in [5, 5.41) is 10.00. The van der Waals surface area contributed by atoms with Crippen molar-refractivity contribution in [1.29, 1.82) is 0 Å². The van der Waals surface area contributed by atoms with Crippen molar-refractivity contribution in [2.75, 3.05) is 0 Å². The molecule has 2 aromatic carbocycles. The van der Waals surface area contributed by atoms with Crippen LogP contribution in [0.5, 0.6) is 11.5 Å². The van der Waals surface area contributed by atoms with E-state index in [2.05, 4.69) is 4.98 Å². The van der Waals surface area contributed by atoms with Gasteiger partial charge in [0.2, 0.25) is 0 Å². The van der Waals surface area contributed by atoms with E-state index in [1.807, 2.05) is 6.20 Å². The lowest BCUT2D eigenvalue weighted by atomic mass is 10.2. The number of phenols is 1. The van der Waals surface area contributed by atoms with Gasteiger partial charge in [0.25, 0.3) is 0 Å². The van der Waals surface area contributed by atoms with Crippen LogP contribution in [0.1, 0.15) is 5.56 Å². The van der Waals surface area contributed by atoms with Crippen molar-refractivity contribution < 1.29 is 14.2 Å². The van der Waals surface area contributed by atoms with Crippen LogP contribution < -0.4 is 4.74 Å². The topological polar surface area (TPSA) is 45.2 Å². The van der Waals surface area contributed by atoms with Gasteiger partial charge in [0, 0.05) is 22.7 Å². The summed E-state index contributed by atoms with van der Waals surface area (Å²) in [6, 6.07) is 11.1. The molecule has 4 heteroatoms. The molecule has 0 saturated carbocycles. The first-order valence-corrected chi connectivity index (χ1v) is 5.90. The summed E-state index contributed by atoms with van der Waals surface area (Å²) in [6.45, 7) is 0.341. The monoisotopic (exact) mass is 257 g/mol. The molecule has 0 amide bonds. The molecule has 0 radical (unpaired) electrons. The maximum absolute atomic E-state index is 13.2. The minimum atomic E-state index is -0.266. The number of rotatable bonds is 3. The molecule has 0 fully saturated rings. The number of hydrogen-bond acceptors (Lipinski definition) is 2. The normalized spacial score (nSPS) is 10.8. The van der Waals surface area contributed by atoms with E-state index >= 15 is 0 Å². The average Bonchev–Trinajstić information content (AvgIpc) is 2.80. The lowest BCUT2D eigenvalue weighted by Crippen LogP contribution is -1.94. The fourth-order valence-electron chi connectivity index (χ4n) is 1.97. The average molecular weight is 257 g/mol. The SMILES string of the molecule is Oc1ccc(OCc2c[nH]c3ccc(F)cc23)cc1. The van der Waals surface area contributed by atoms with Crippen molar-refractivity contribution in [2.24, 2.45) is 0 Å². The molecule has 3 aromatic rings. The third kappa shape index (κ3) is 2.38. The highest BCUT2D eigenvalue weighted by Gasteiger charge is 2.05. The molecular formula is C15H12FNO2. The van der Waals surface area contributed by atoms with Gasteiger partial charge in [-0.1, -0.05) is 0 Å². The smallest absolute Gasteiger partial charge is 0.123 e. The zero-order valence-corrected chi connectivity index (χ0v) is 10.1. The van der Waals surface area contributed by atoms with Crippen molar-refractivity contribution in [2.45, 2.75) is 6.61 Å². The first-order valence-electron chi connectivity index (χ1n) is 5.90. The van der Waals surface area contributed by atoms with Gasteiger partial charge in [-0.05, 0) is 42.5 Å². The maximum atomic E-state index is 13.2. The zero-order chi connectivity index (χ0) is 13.2. The molecule has 1 aromatic heterocycles. The summed E-state index contributed by atoms with van der Waals surface area (Å²) in [6.07, 6.45) is 1.81. The van der Waals surface area contributed by atoms with Crippen LogP contribution in [0.3, 0.4) is 0 Å². The van der Waals surface area contributed by atoms with Crippen LogP contribution in [-0.4, -0.2) is 10.1 Å². The molecule has 2 N–H and O–H groups in total. The summed E-state index contributed by atoms with van der Waals surface area (Å²) in [5.74, 6) is 0.586. The number of hydrogen-bond donors (Lipinski definition) is 2. The second-order valence-electron chi connectivity index (χ2n) is 4.29. The fourth-order valence-corrected chi connectivity index (χ4v) is 1.97. The number of phenolic OH excluding ortho intramolecular Hbond substituents is 1. The summed E-state index contributed by atoms with van der Waals surface area (Å²) in [4.78, 5) is 3.07. The Labute approximate surface area is 109 Å². The maximum Gasteiger partial charge on any atom is 0.123 e. The largest absolute Gasteiger partial charge is 0.508 e. The molecule has 0 bridgehead atoms. The summed E-state index contributed by atoms with van der Waals surface area (Å²) >= 11 is 0. The molecule has 0 aliphatic heterocycles. The molecule has 0 saturated heterocycles. The Morgan fingerprint density at radius 3 is 2.68 bits per heavy atom. The molecule has 19 heavy (non-hydrogen) atoms. The third-order valence-corrected chi connectivity index (χ3v) is 2.96. The van der Waals surface area contributed by atoms with E-state index in [0.717, 1.165) is 16.5 Å². The Hall–Kier alpha value is -2.49. The van der Waals surface area contributed by atoms with Crippen molar-refractivity contribution >= 4 is 10.9 Å². The Morgan fingerprint density at radius 1 is 1.11 bits per heavy atom. The van der Waals surface area contributed by atoms with E-state index in [0.29, 0.717) is 12.4 Å². The highest BCUT2D eigenvalue weighted by Crippen LogP contribution is 2.22. The van der Waals surface area contributed by atoms with Gasteiger partial charge in [0.1, 0.15) is 23.9 Å². The van der Waals surface area contributed by atoms with E-state index < -0.39 is 0 Å². The number of ether oxygens (including phenoxy) is 1. The molecular weight excluding hydrogens is 245 g/mol. The van der Waals surface area contributed by atoms with Gasteiger partial charge in [-0.25, -0.2) is 4.39 Å². The van der Waals surface area contributed by atoms with Crippen LogP contribution in [0.2, 0.25) is 0 Å². The van der Waals surface area contributed by atoms with Gasteiger partial charge < -0.3 is 14.8 Å². The Morgan fingerprint density at radius 2 is 1.89 bits per heavy atom. The second-order valence-corrected chi connectivity index (χ2v) is 4.29. The predicted octanol–water partition coefficient (Wildman–Crippen LogP) is 3.59. The van der Waals surface area contributed by atoms with Crippen molar-refractivity contribution in [3.8, 4) is 11.5 Å². The lowest BCUT2D eigenvalue weighted by Gasteiger charge is -2.05. The van der Waals surface area contributed by atoms with Crippen LogP contribution in [0.25, 0.3) is 10.9 Å². The second kappa shape index (κ2) is 4.65.